The zero-order valence-electron chi connectivity index (χ0n) is 16.5. The van der Waals surface area contributed by atoms with Crippen LogP contribution in [0, 0.1) is 0 Å². The Balaban J connectivity index is 1.58. The zero-order valence-corrected chi connectivity index (χ0v) is 16.5. The monoisotopic (exact) mass is 374 g/mol. The minimum Gasteiger partial charge on any atom is -0.334 e. The van der Waals surface area contributed by atoms with Gasteiger partial charge in [0.1, 0.15) is 11.6 Å². The third-order valence-corrected chi connectivity index (χ3v) is 5.30. The van der Waals surface area contributed by atoms with Gasteiger partial charge in [-0.15, -0.1) is 0 Å². The zero-order chi connectivity index (χ0) is 19.5. The van der Waals surface area contributed by atoms with Crippen molar-refractivity contribution in [1.29, 1.82) is 0 Å². The van der Waals surface area contributed by atoms with Gasteiger partial charge < -0.3 is 4.90 Å². The molecule has 5 nitrogen and oxygen atoms in total. The lowest BCUT2D eigenvalue weighted by Crippen LogP contribution is -2.32. The fraction of sp³-hybridized carbons (Fsp3) is 0.348. The van der Waals surface area contributed by atoms with Crippen LogP contribution in [0.4, 0.5) is 0 Å². The molecule has 1 aliphatic rings. The summed E-state index contributed by atoms with van der Waals surface area (Å²) in [6, 6.07) is 16.1. The second kappa shape index (κ2) is 7.97. The van der Waals surface area contributed by atoms with Crippen molar-refractivity contribution in [2.75, 3.05) is 6.54 Å². The van der Waals surface area contributed by atoms with E-state index in [0.717, 1.165) is 42.3 Å². The standard InChI is InChI=1S/C23H26N4O/c1-17(2)23-24-13-15-27(23)21-12-6-10-19(25-21)20-11-7-14-26(20)22(28)16-18-8-4-3-5-9-18/h3-6,8-10,12-13,15,17,20H,7,11,14,16H2,1-2H3. The van der Waals surface area contributed by atoms with Crippen LogP contribution in [0.25, 0.3) is 5.82 Å². The van der Waals surface area contributed by atoms with Gasteiger partial charge in [-0.25, -0.2) is 9.97 Å². The minimum absolute atomic E-state index is 0.0437. The molecular weight excluding hydrogens is 348 g/mol. The van der Waals surface area contributed by atoms with Gasteiger partial charge in [-0.3, -0.25) is 9.36 Å². The number of rotatable bonds is 5. The predicted molar refractivity (Wildman–Crippen MR) is 109 cm³/mol. The van der Waals surface area contributed by atoms with Gasteiger partial charge in [0.15, 0.2) is 0 Å². The van der Waals surface area contributed by atoms with Crippen LogP contribution in [0.15, 0.2) is 60.9 Å². The summed E-state index contributed by atoms with van der Waals surface area (Å²) in [7, 11) is 0. The van der Waals surface area contributed by atoms with Crippen molar-refractivity contribution in [3.63, 3.8) is 0 Å². The van der Waals surface area contributed by atoms with Crippen molar-refractivity contribution in [2.45, 2.75) is 45.1 Å². The smallest absolute Gasteiger partial charge is 0.227 e. The van der Waals surface area contributed by atoms with Crippen LogP contribution in [0.5, 0.6) is 0 Å². The maximum atomic E-state index is 12.9. The molecule has 144 valence electrons. The Morgan fingerprint density at radius 3 is 2.75 bits per heavy atom. The van der Waals surface area contributed by atoms with E-state index in [1.54, 1.807) is 0 Å². The highest BCUT2D eigenvalue weighted by Gasteiger charge is 2.31. The topological polar surface area (TPSA) is 51.0 Å². The fourth-order valence-electron chi connectivity index (χ4n) is 3.94. The number of nitrogens with zero attached hydrogens (tertiary/aromatic N) is 4. The molecule has 1 saturated heterocycles. The highest BCUT2D eigenvalue weighted by molar-refractivity contribution is 5.79. The van der Waals surface area contributed by atoms with E-state index in [9.17, 15) is 4.79 Å². The molecule has 0 radical (unpaired) electrons. The Bertz CT molecular complexity index is 948. The van der Waals surface area contributed by atoms with Crippen LogP contribution in [-0.4, -0.2) is 31.9 Å². The molecule has 3 aromatic rings. The van der Waals surface area contributed by atoms with E-state index >= 15 is 0 Å². The molecule has 0 bridgehead atoms. The van der Waals surface area contributed by atoms with Gasteiger partial charge in [-0.1, -0.05) is 50.2 Å². The number of amides is 1. The number of carbonyl (C=O) groups excluding carboxylic acids is 1. The number of hydrogen-bond acceptors (Lipinski definition) is 3. The van der Waals surface area contributed by atoms with Crippen molar-refractivity contribution < 1.29 is 4.79 Å². The molecular formula is C23H26N4O. The van der Waals surface area contributed by atoms with Crippen molar-refractivity contribution in [2.24, 2.45) is 0 Å². The number of hydrogen-bond donors (Lipinski definition) is 0. The largest absolute Gasteiger partial charge is 0.334 e. The average Bonchev–Trinajstić information content (AvgIpc) is 3.39. The van der Waals surface area contributed by atoms with E-state index in [-0.39, 0.29) is 11.9 Å². The number of aromatic nitrogens is 3. The molecule has 1 unspecified atom stereocenters. The van der Waals surface area contributed by atoms with Crippen LogP contribution in [0.1, 0.15) is 55.7 Å². The van der Waals surface area contributed by atoms with Crippen molar-refractivity contribution >= 4 is 5.91 Å². The van der Waals surface area contributed by atoms with E-state index in [4.69, 9.17) is 4.98 Å². The fourth-order valence-corrected chi connectivity index (χ4v) is 3.94. The molecule has 0 spiro atoms. The first-order chi connectivity index (χ1) is 13.6. The number of likely N-dealkylation sites (tertiary alicyclic amines) is 1. The molecule has 0 aliphatic carbocycles. The SMILES string of the molecule is CC(C)c1nccn1-c1cccc(C2CCCN2C(=O)Cc2ccccc2)n1. The van der Waals surface area contributed by atoms with Crippen LogP contribution in [0.2, 0.25) is 0 Å². The summed E-state index contributed by atoms with van der Waals surface area (Å²) in [5, 5.41) is 0. The summed E-state index contributed by atoms with van der Waals surface area (Å²) < 4.78 is 2.04. The van der Waals surface area contributed by atoms with Crippen molar-refractivity contribution in [3.05, 3.63) is 78.0 Å². The number of benzene rings is 1. The summed E-state index contributed by atoms with van der Waals surface area (Å²) in [5.41, 5.74) is 2.01. The molecule has 3 heterocycles. The number of pyridine rings is 1. The molecule has 1 aliphatic heterocycles. The molecule has 1 amide bonds. The maximum absolute atomic E-state index is 12.9. The molecule has 0 saturated carbocycles. The van der Waals surface area contributed by atoms with E-state index in [1.165, 1.54) is 0 Å². The van der Waals surface area contributed by atoms with Crippen molar-refractivity contribution in [3.8, 4) is 5.82 Å². The van der Waals surface area contributed by atoms with Gasteiger partial charge in [-0.2, -0.15) is 0 Å². The van der Waals surface area contributed by atoms with Crippen molar-refractivity contribution in [1.82, 2.24) is 19.4 Å². The molecule has 0 N–H and O–H groups in total. The Morgan fingerprint density at radius 2 is 1.96 bits per heavy atom. The molecule has 1 fully saturated rings. The second-order valence-corrected chi connectivity index (χ2v) is 7.64. The van der Waals surface area contributed by atoms with E-state index in [1.807, 2.05) is 70.4 Å². The van der Waals surface area contributed by atoms with E-state index < -0.39 is 0 Å². The minimum atomic E-state index is 0.0437. The normalized spacial score (nSPS) is 16.7. The summed E-state index contributed by atoms with van der Waals surface area (Å²) in [4.78, 5) is 24.3. The molecule has 2 aromatic heterocycles. The molecule has 4 rings (SSSR count). The third-order valence-electron chi connectivity index (χ3n) is 5.30. The molecule has 1 atom stereocenters. The molecule has 28 heavy (non-hydrogen) atoms. The second-order valence-electron chi connectivity index (χ2n) is 7.64. The Kier molecular flexibility index (Phi) is 5.24. The van der Waals surface area contributed by atoms with Gasteiger partial charge in [0.05, 0.1) is 18.2 Å². The van der Waals surface area contributed by atoms with Gasteiger partial charge in [-0.05, 0) is 30.5 Å². The summed E-state index contributed by atoms with van der Waals surface area (Å²) >= 11 is 0. The summed E-state index contributed by atoms with van der Waals surface area (Å²) in [6.07, 6.45) is 6.18. The Hall–Kier alpha value is -2.95. The third kappa shape index (κ3) is 3.70. The van der Waals surface area contributed by atoms with Crippen LogP contribution in [0.3, 0.4) is 0 Å². The molecule has 5 heteroatoms. The van der Waals surface area contributed by atoms with E-state index in [0.29, 0.717) is 12.3 Å². The maximum Gasteiger partial charge on any atom is 0.227 e. The highest BCUT2D eigenvalue weighted by atomic mass is 16.2. The lowest BCUT2D eigenvalue weighted by molar-refractivity contribution is -0.131. The van der Waals surface area contributed by atoms with Crippen LogP contribution < -0.4 is 0 Å². The lowest BCUT2D eigenvalue weighted by Gasteiger charge is -2.25. The summed E-state index contributed by atoms with van der Waals surface area (Å²) in [5.74, 6) is 2.34. The van der Waals surface area contributed by atoms with E-state index in [2.05, 4.69) is 18.8 Å². The predicted octanol–water partition coefficient (Wildman–Crippen LogP) is 4.30. The Labute approximate surface area is 166 Å². The van der Waals surface area contributed by atoms with Gasteiger partial charge >= 0.3 is 0 Å². The van der Waals surface area contributed by atoms with Gasteiger partial charge in [0.2, 0.25) is 5.91 Å². The molecule has 1 aromatic carbocycles. The first-order valence-electron chi connectivity index (χ1n) is 9.97. The average molecular weight is 374 g/mol. The first-order valence-corrected chi connectivity index (χ1v) is 9.97. The van der Waals surface area contributed by atoms with Crippen LogP contribution >= 0.6 is 0 Å². The first kappa shape index (κ1) is 18.4. The van der Waals surface area contributed by atoms with Gasteiger partial charge in [0, 0.05) is 24.9 Å². The lowest BCUT2D eigenvalue weighted by atomic mass is 10.1. The van der Waals surface area contributed by atoms with Gasteiger partial charge in [0.25, 0.3) is 0 Å². The quantitative estimate of drug-likeness (QED) is 0.669. The Morgan fingerprint density at radius 1 is 1.14 bits per heavy atom. The summed E-state index contributed by atoms with van der Waals surface area (Å²) in [6.45, 7) is 5.05. The van der Waals surface area contributed by atoms with Crippen LogP contribution in [-0.2, 0) is 11.2 Å². The highest BCUT2D eigenvalue weighted by Crippen LogP contribution is 2.32. The number of imidazole rings is 1. The number of carbonyl (C=O) groups is 1.